The molecule has 1 aliphatic carbocycles. The van der Waals surface area contributed by atoms with E-state index in [9.17, 15) is 9.59 Å². The van der Waals surface area contributed by atoms with Gasteiger partial charge in [0, 0.05) is 19.0 Å². The van der Waals surface area contributed by atoms with E-state index in [0.29, 0.717) is 6.54 Å². The molecule has 6 heteroatoms. The highest BCUT2D eigenvalue weighted by molar-refractivity contribution is 6.29. The lowest BCUT2D eigenvalue weighted by molar-refractivity contribution is -0.126. The minimum atomic E-state index is -1.27. The van der Waals surface area contributed by atoms with Gasteiger partial charge in [-0.1, -0.05) is 78.4 Å². The second-order valence-electron chi connectivity index (χ2n) is 9.05. The van der Waals surface area contributed by atoms with Gasteiger partial charge in [0.05, 0.1) is 0 Å². The number of allylic oxidation sites excluding steroid dienone is 2. The van der Waals surface area contributed by atoms with Crippen molar-refractivity contribution in [2.45, 2.75) is 36.8 Å². The summed E-state index contributed by atoms with van der Waals surface area (Å²) in [5, 5.41) is 0. The zero-order valence-corrected chi connectivity index (χ0v) is 19.3. The fourth-order valence-electron chi connectivity index (χ4n) is 4.82. The highest BCUT2D eigenvalue weighted by Crippen LogP contribution is 2.36. The summed E-state index contributed by atoms with van der Waals surface area (Å²) in [5.74, 6) is -0.214. The van der Waals surface area contributed by atoms with Crippen LogP contribution in [0.4, 0.5) is 4.79 Å². The van der Waals surface area contributed by atoms with Gasteiger partial charge in [0.2, 0.25) is 0 Å². The highest BCUT2D eigenvalue weighted by atomic mass is 35.5. The van der Waals surface area contributed by atoms with Crippen LogP contribution >= 0.6 is 11.6 Å². The normalized spacial score (nSPS) is 25.4. The number of rotatable bonds is 6. The Bertz CT molecular complexity index is 1060. The van der Waals surface area contributed by atoms with Gasteiger partial charge in [-0.25, -0.2) is 9.69 Å². The third kappa shape index (κ3) is 4.61. The molecule has 2 aliphatic heterocycles. The van der Waals surface area contributed by atoms with Crippen LogP contribution in [0.5, 0.6) is 0 Å². The number of carbonyl (C=O) groups excluding carboxylic acids is 2. The molecule has 170 valence electrons. The van der Waals surface area contributed by atoms with Crippen LogP contribution in [0.1, 0.15) is 35.4 Å². The Kier molecular flexibility index (Phi) is 6.09. The van der Waals surface area contributed by atoms with Crippen LogP contribution in [0.2, 0.25) is 0 Å². The number of imide groups is 1. The van der Waals surface area contributed by atoms with E-state index in [-0.39, 0.29) is 24.4 Å². The van der Waals surface area contributed by atoms with Crippen molar-refractivity contribution in [3.63, 3.8) is 0 Å². The van der Waals surface area contributed by atoms with Gasteiger partial charge in [0.1, 0.15) is 6.54 Å². The van der Waals surface area contributed by atoms with E-state index >= 15 is 0 Å². The van der Waals surface area contributed by atoms with Crippen LogP contribution in [-0.2, 0) is 17.9 Å². The predicted octanol–water partition coefficient (Wildman–Crippen LogP) is 4.89. The van der Waals surface area contributed by atoms with E-state index in [1.807, 2.05) is 54.6 Å². The Labute approximate surface area is 199 Å². The zero-order chi connectivity index (χ0) is 22.8. The molecular formula is C27H28ClN3O2. The summed E-state index contributed by atoms with van der Waals surface area (Å²) in [6.07, 6.45) is 9.95. The molecule has 0 saturated carbocycles. The number of likely N-dealkylation sites (tertiary alicyclic amines) is 1. The van der Waals surface area contributed by atoms with Crippen molar-refractivity contribution in [1.82, 2.24) is 14.7 Å². The second-order valence-corrected chi connectivity index (χ2v) is 9.66. The summed E-state index contributed by atoms with van der Waals surface area (Å²) in [5.41, 5.74) is 3.42. The maximum absolute atomic E-state index is 13.1. The molecular weight excluding hydrogens is 434 g/mol. The summed E-state index contributed by atoms with van der Waals surface area (Å²) in [6, 6.07) is 18.0. The second kappa shape index (κ2) is 9.16. The first-order valence-electron chi connectivity index (χ1n) is 11.6. The van der Waals surface area contributed by atoms with Gasteiger partial charge in [-0.15, -0.1) is 0 Å². The van der Waals surface area contributed by atoms with Crippen molar-refractivity contribution in [2.24, 2.45) is 0 Å². The maximum atomic E-state index is 13.1. The molecule has 2 aromatic rings. The van der Waals surface area contributed by atoms with Crippen molar-refractivity contribution in [3.05, 3.63) is 95.6 Å². The molecule has 0 N–H and O–H groups in total. The Hall–Kier alpha value is -2.89. The molecule has 0 spiro atoms. The Morgan fingerprint density at radius 1 is 0.848 bits per heavy atom. The summed E-state index contributed by atoms with van der Waals surface area (Å²) in [7, 11) is 0. The Morgan fingerprint density at radius 2 is 1.45 bits per heavy atom. The molecule has 3 amide bonds. The fraction of sp³-hybridized carbons (Fsp3) is 0.333. The average molecular weight is 462 g/mol. The summed E-state index contributed by atoms with van der Waals surface area (Å²) < 4.78 is 0. The van der Waals surface area contributed by atoms with E-state index in [2.05, 4.69) is 17.0 Å². The monoisotopic (exact) mass is 461 g/mol. The number of carbonyl (C=O) groups is 2. The van der Waals surface area contributed by atoms with Crippen LogP contribution in [0, 0.1) is 0 Å². The SMILES string of the molecule is O=C1CN(Cc2ccc(CN3CCCC3)cc2)C(=O)N1C1(Cl)C=CC(c2ccccc2)C=C1. The third-order valence-electron chi connectivity index (χ3n) is 6.64. The molecule has 2 fully saturated rings. The lowest BCUT2D eigenvalue weighted by Crippen LogP contribution is -2.47. The van der Waals surface area contributed by atoms with Crippen molar-refractivity contribution >= 4 is 23.5 Å². The first kappa shape index (κ1) is 21.9. The first-order chi connectivity index (χ1) is 16.0. The lowest BCUT2D eigenvalue weighted by Gasteiger charge is -2.32. The average Bonchev–Trinajstić information content (AvgIpc) is 3.44. The van der Waals surface area contributed by atoms with E-state index in [0.717, 1.165) is 30.8 Å². The third-order valence-corrected chi connectivity index (χ3v) is 7.06. The van der Waals surface area contributed by atoms with Crippen molar-refractivity contribution in [3.8, 4) is 0 Å². The number of alkyl halides is 1. The van der Waals surface area contributed by atoms with Gasteiger partial charge >= 0.3 is 6.03 Å². The molecule has 0 unspecified atom stereocenters. The highest BCUT2D eigenvalue weighted by Gasteiger charge is 2.47. The van der Waals surface area contributed by atoms with E-state index in [4.69, 9.17) is 11.6 Å². The van der Waals surface area contributed by atoms with Gasteiger partial charge in [-0.2, -0.15) is 0 Å². The van der Waals surface area contributed by atoms with Gasteiger partial charge in [-0.3, -0.25) is 9.69 Å². The van der Waals surface area contributed by atoms with Crippen molar-refractivity contribution in [2.75, 3.05) is 19.6 Å². The number of amides is 3. The molecule has 3 aliphatic rings. The van der Waals surface area contributed by atoms with Gasteiger partial charge < -0.3 is 4.90 Å². The lowest BCUT2D eigenvalue weighted by atomic mass is 9.93. The van der Waals surface area contributed by atoms with Gasteiger partial charge in [0.25, 0.3) is 5.91 Å². The number of benzene rings is 2. The number of urea groups is 1. The number of halogens is 1. The van der Waals surface area contributed by atoms with E-state index in [1.54, 1.807) is 17.1 Å². The van der Waals surface area contributed by atoms with Crippen LogP contribution in [0.3, 0.4) is 0 Å². The quantitative estimate of drug-likeness (QED) is 0.266. The van der Waals surface area contributed by atoms with Crippen molar-refractivity contribution in [1.29, 1.82) is 0 Å². The van der Waals surface area contributed by atoms with E-state index < -0.39 is 5.00 Å². The molecule has 33 heavy (non-hydrogen) atoms. The number of nitrogens with zero attached hydrogens (tertiary/aromatic N) is 3. The summed E-state index contributed by atoms with van der Waals surface area (Å²) in [6.45, 7) is 3.71. The molecule has 0 atom stereocenters. The summed E-state index contributed by atoms with van der Waals surface area (Å²) >= 11 is 6.77. The number of hydrogen-bond donors (Lipinski definition) is 0. The van der Waals surface area contributed by atoms with Crippen LogP contribution < -0.4 is 0 Å². The summed E-state index contributed by atoms with van der Waals surface area (Å²) in [4.78, 5) is 29.9. The standard InChI is InChI=1S/C27H28ClN3O2/c28-27(14-12-24(13-15-27)23-6-2-1-3-7-23)31-25(32)20-30(26(31)33)19-22-10-8-21(9-11-22)18-29-16-4-5-17-29/h1-3,6-15,24H,4-5,16-20H2. The molecule has 0 bridgehead atoms. The predicted molar refractivity (Wildman–Crippen MR) is 130 cm³/mol. The molecule has 5 nitrogen and oxygen atoms in total. The first-order valence-corrected chi connectivity index (χ1v) is 11.9. The Morgan fingerprint density at radius 3 is 2.09 bits per heavy atom. The number of hydrogen-bond acceptors (Lipinski definition) is 3. The van der Waals surface area contributed by atoms with Crippen LogP contribution in [-0.4, -0.2) is 51.3 Å². The smallest absolute Gasteiger partial charge is 0.311 e. The largest absolute Gasteiger partial charge is 0.329 e. The maximum Gasteiger partial charge on any atom is 0.329 e. The molecule has 0 aromatic heterocycles. The van der Waals surface area contributed by atoms with Crippen LogP contribution in [0.15, 0.2) is 78.9 Å². The van der Waals surface area contributed by atoms with Crippen molar-refractivity contribution < 1.29 is 9.59 Å². The minimum absolute atomic E-state index is 0.0344. The molecule has 0 radical (unpaired) electrons. The zero-order valence-electron chi connectivity index (χ0n) is 18.6. The topological polar surface area (TPSA) is 43.9 Å². The fourth-order valence-corrected chi connectivity index (χ4v) is 5.14. The van der Waals surface area contributed by atoms with Gasteiger partial charge in [0.15, 0.2) is 5.00 Å². The van der Waals surface area contributed by atoms with Crippen LogP contribution in [0.25, 0.3) is 0 Å². The Balaban J connectivity index is 1.24. The molecule has 2 saturated heterocycles. The molecule has 2 heterocycles. The minimum Gasteiger partial charge on any atom is -0.311 e. The van der Waals surface area contributed by atoms with E-state index in [1.165, 1.54) is 23.3 Å². The van der Waals surface area contributed by atoms with Gasteiger partial charge in [-0.05, 0) is 54.8 Å². The molecule has 2 aromatic carbocycles. The molecule has 5 rings (SSSR count).